The van der Waals surface area contributed by atoms with Gasteiger partial charge in [-0.3, -0.25) is 9.59 Å². The Morgan fingerprint density at radius 3 is 2.62 bits per heavy atom. The largest absolute Gasteiger partial charge is 0.481 e. The number of nitrogens with zero attached hydrogens (tertiary/aromatic N) is 1. The van der Waals surface area contributed by atoms with Crippen LogP contribution in [0.15, 0.2) is 24.3 Å². The van der Waals surface area contributed by atoms with Crippen molar-refractivity contribution in [2.45, 2.75) is 33.1 Å². The zero-order chi connectivity index (χ0) is 15.7. The molecule has 0 fully saturated rings. The van der Waals surface area contributed by atoms with Crippen LogP contribution in [0.3, 0.4) is 0 Å². The van der Waals surface area contributed by atoms with Crippen molar-refractivity contribution in [2.75, 3.05) is 23.0 Å². The maximum atomic E-state index is 12.4. The molecule has 0 unspecified atom stereocenters. The summed E-state index contributed by atoms with van der Waals surface area (Å²) in [5, 5.41) is 8.86. The number of anilines is 1. The molecule has 1 amide bonds. The molecule has 1 rings (SSSR count). The maximum absolute atomic E-state index is 12.4. The molecule has 1 aromatic rings. The van der Waals surface area contributed by atoms with Crippen molar-refractivity contribution in [1.29, 1.82) is 0 Å². The van der Waals surface area contributed by atoms with E-state index in [1.165, 1.54) is 0 Å². The highest BCUT2D eigenvalue weighted by molar-refractivity contribution is 7.99. The lowest BCUT2D eigenvalue weighted by atomic mass is 10.1. The Bertz CT molecular complexity index is 476. The first kappa shape index (κ1) is 17.6. The zero-order valence-corrected chi connectivity index (χ0v) is 13.5. The molecule has 5 heteroatoms. The van der Waals surface area contributed by atoms with Gasteiger partial charge in [0, 0.05) is 12.2 Å². The molecule has 0 aliphatic heterocycles. The van der Waals surface area contributed by atoms with Gasteiger partial charge < -0.3 is 10.0 Å². The van der Waals surface area contributed by atoms with Gasteiger partial charge in [0.25, 0.3) is 0 Å². The van der Waals surface area contributed by atoms with Crippen LogP contribution in [-0.2, 0) is 9.59 Å². The van der Waals surface area contributed by atoms with Gasteiger partial charge in [-0.1, -0.05) is 31.5 Å². The lowest BCUT2D eigenvalue weighted by Gasteiger charge is -2.24. The van der Waals surface area contributed by atoms with Crippen LogP contribution in [0.4, 0.5) is 5.69 Å². The molecule has 0 spiro atoms. The molecule has 21 heavy (non-hydrogen) atoms. The third kappa shape index (κ3) is 6.21. The van der Waals surface area contributed by atoms with Gasteiger partial charge in [-0.15, -0.1) is 0 Å². The second kappa shape index (κ2) is 9.45. The molecule has 0 saturated heterocycles. The van der Waals surface area contributed by atoms with Gasteiger partial charge >= 0.3 is 5.97 Å². The molecule has 0 radical (unpaired) electrons. The highest BCUT2D eigenvalue weighted by Gasteiger charge is 2.18. The Hall–Kier alpha value is -1.49. The predicted octanol–water partition coefficient (Wildman–Crippen LogP) is 3.34. The average Bonchev–Trinajstić information content (AvgIpc) is 2.45. The lowest BCUT2D eigenvalue weighted by molar-refractivity contribution is -0.136. The summed E-state index contributed by atoms with van der Waals surface area (Å²) in [7, 11) is 0. The second-order valence-corrected chi connectivity index (χ2v) is 5.99. The normalized spacial score (nSPS) is 10.4. The van der Waals surface area contributed by atoms with Crippen molar-refractivity contribution in [2.24, 2.45) is 0 Å². The SMILES string of the molecule is CCCCSCC(=O)N(CCC(=O)O)c1ccccc1C. The Labute approximate surface area is 130 Å². The Balaban J connectivity index is 2.74. The number of hydrogen-bond acceptors (Lipinski definition) is 3. The van der Waals surface area contributed by atoms with Crippen LogP contribution in [0.1, 0.15) is 31.7 Å². The van der Waals surface area contributed by atoms with Gasteiger partial charge in [0.15, 0.2) is 0 Å². The standard InChI is InChI=1S/C16H23NO3S/c1-3-4-11-21-12-15(18)17(10-9-16(19)20)14-8-6-5-7-13(14)2/h5-8H,3-4,9-12H2,1-2H3,(H,19,20). The van der Waals surface area contributed by atoms with Crippen LogP contribution in [0.25, 0.3) is 0 Å². The molecular weight excluding hydrogens is 286 g/mol. The Kier molecular flexibility index (Phi) is 7.90. The minimum atomic E-state index is -0.889. The Morgan fingerprint density at radius 2 is 2.00 bits per heavy atom. The number of carboxylic acids is 1. The third-order valence-electron chi connectivity index (χ3n) is 3.12. The van der Waals surface area contributed by atoms with E-state index in [0.717, 1.165) is 29.8 Å². The fourth-order valence-corrected chi connectivity index (χ4v) is 2.90. The number of aliphatic carboxylic acids is 1. The molecule has 1 N–H and O–H groups in total. The first-order chi connectivity index (χ1) is 10.1. The van der Waals surface area contributed by atoms with Gasteiger partial charge in [-0.2, -0.15) is 11.8 Å². The molecule has 116 valence electrons. The maximum Gasteiger partial charge on any atom is 0.305 e. The average molecular weight is 309 g/mol. The first-order valence-corrected chi connectivity index (χ1v) is 8.37. The molecule has 4 nitrogen and oxygen atoms in total. The highest BCUT2D eigenvalue weighted by atomic mass is 32.2. The van der Waals surface area contributed by atoms with Crippen LogP contribution in [0.5, 0.6) is 0 Å². The van der Waals surface area contributed by atoms with E-state index in [1.807, 2.05) is 31.2 Å². The van der Waals surface area contributed by atoms with Crippen molar-refractivity contribution in [1.82, 2.24) is 0 Å². The number of carbonyl (C=O) groups excluding carboxylic acids is 1. The van der Waals surface area contributed by atoms with E-state index in [1.54, 1.807) is 16.7 Å². The highest BCUT2D eigenvalue weighted by Crippen LogP contribution is 2.21. The van der Waals surface area contributed by atoms with Crippen LogP contribution in [-0.4, -0.2) is 35.0 Å². The number of hydrogen-bond donors (Lipinski definition) is 1. The number of carboxylic acid groups (broad SMARTS) is 1. The molecule has 1 aromatic carbocycles. The van der Waals surface area contributed by atoms with Crippen LogP contribution in [0, 0.1) is 6.92 Å². The number of amides is 1. The molecule has 0 aromatic heterocycles. The summed E-state index contributed by atoms with van der Waals surface area (Å²) in [5.74, 6) is 0.447. The monoisotopic (exact) mass is 309 g/mol. The summed E-state index contributed by atoms with van der Waals surface area (Å²) < 4.78 is 0. The summed E-state index contributed by atoms with van der Waals surface area (Å²) in [6, 6.07) is 7.58. The third-order valence-corrected chi connectivity index (χ3v) is 4.15. The van der Waals surface area contributed by atoms with E-state index < -0.39 is 5.97 Å². The van der Waals surface area contributed by atoms with Crippen LogP contribution < -0.4 is 4.90 Å². The van der Waals surface area contributed by atoms with Crippen molar-refractivity contribution >= 4 is 29.3 Å². The first-order valence-electron chi connectivity index (χ1n) is 7.21. The van der Waals surface area contributed by atoms with Gasteiger partial charge in [0.1, 0.15) is 0 Å². The summed E-state index contributed by atoms with van der Waals surface area (Å²) in [4.78, 5) is 24.8. The number of para-hydroxylation sites is 1. The van der Waals surface area contributed by atoms with Crippen molar-refractivity contribution < 1.29 is 14.7 Å². The second-order valence-electron chi connectivity index (χ2n) is 4.88. The van der Waals surface area contributed by atoms with E-state index in [0.29, 0.717) is 5.75 Å². The van der Waals surface area contributed by atoms with E-state index in [2.05, 4.69) is 6.92 Å². The summed E-state index contributed by atoms with van der Waals surface area (Å²) in [5.41, 5.74) is 1.79. The smallest absolute Gasteiger partial charge is 0.305 e. The van der Waals surface area contributed by atoms with E-state index in [4.69, 9.17) is 5.11 Å². The van der Waals surface area contributed by atoms with Gasteiger partial charge in [0.05, 0.1) is 12.2 Å². The fraction of sp³-hybridized carbons (Fsp3) is 0.500. The summed E-state index contributed by atoms with van der Waals surface area (Å²) in [6.07, 6.45) is 2.17. The molecule has 0 bridgehead atoms. The van der Waals surface area contributed by atoms with Crippen molar-refractivity contribution in [3.05, 3.63) is 29.8 Å². The van der Waals surface area contributed by atoms with E-state index in [9.17, 15) is 9.59 Å². The number of thioether (sulfide) groups is 1. The number of carbonyl (C=O) groups is 2. The molecule has 0 aliphatic carbocycles. The minimum absolute atomic E-state index is 0.0216. The Morgan fingerprint density at radius 1 is 1.29 bits per heavy atom. The number of aryl methyl sites for hydroxylation is 1. The van der Waals surface area contributed by atoms with Gasteiger partial charge in [0.2, 0.25) is 5.91 Å². The number of unbranched alkanes of at least 4 members (excludes halogenated alkanes) is 1. The molecule has 0 atom stereocenters. The summed E-state index contributed by atoms with van der Waals surface area (Å²) >= 11 is 1.61. The van der Waals surface area contributed by atoms with Crippen molar-refractivity contribution in [3.8, 4) is 0 Å². The summed E-state index contributed by atoms with van der Waals surface area (Å²) in [6.45, 7) is 4.27. The molecular formula is C16H23NO3S. The fourth-order valence-electron chi connectivity index (χ4n) is 1.94. The molecule has 0 aliphatic rings. The van der Waals surface area contributed by atoms with Crippen LogP contribution >= 0.6 is 11.8 Å². The van der Waals surface area contributed by atoms with Crippen LogP contribution in [0.2, 0.25) is 0 Å². The lowest BCUT2D eigenvalue weighted by Crippen LogP contribution is -2.35. The molecule has 0 saturated carbocycles. The molecule has 0 heterocycles. The van der Waals surface area contributed by atoms with Crippen molar-refractivity contribution in [3.63, 3.8) is 0 Å². The minimum Gasteiger partial charge on any atom is -0.481 e. The topological polar surface area (TPSA) is 57.6 Å². The van der Waals surface area contributed by atoms with E-state index >= 15 is 0 Å². The quantitative estimate of drug-likeness (QED) is 0.711. The predicted molar refractivity (Wildman–Crippen MR) is 88.0 cm³/mol. The van der Waals surface area contributed by atoms with E-state index in [-0.39, 0.29) is 18.9 Å². The van der Waals surface area contributed by atoms with Gasteiger partial charge in [-0.25, -0.2) is 0 Å². The van der Waals surface area contributed by atoms with Gasteiger partial charge in [-0.05, 0) is 30.7 Å². The number of benzene rings is 1. The zero-order valence-electron chi connectivity index (χ0n) is 12.7. The number of rotatable bonds is 9.